The fourth-order valence-electron chi connectivity index (χ4n) is 9.80. The zero-order chi connectivity index (χ0) is 37.8. The van der Waals surface area contributed by atoms with E-state index in [0.717, 1.165) is 55.7 Å². The number of rotatable bonds is 5. The number of hydrogen-bond acceptors (Lipinski definition) is 2. The van der Waals surface area contributed by atoms with Gasteiger partial charge in [-0.15, -0.1) is 0 Å². The van der Waals surface area contributed by atoms with E-state index < -0.39 is 0 Å². The van der Waals surface area contributed by atoms with E-state index in [2.05, 4.69) is 202 Å². The van der Waals surface area contributed by atoms with E-state index in [-0.39, 0.29) is 10.8 Å². The maximum atomic E-state index is 6.73. The van der Waals surface area contributed by atoms with Gasteiger partial charge in [0.25, 0.3) is 0 Å². The molecule has 8 aromatic carbocycles. The second-order valence-corrected chi connectivity index (χ2v) is 16.5. The Morgan fingerprint density at radius 3 is 1.55 bits per heavy atom. The van der Waals surface area contributed by atoms with Crippen molar-refractivity contribution in [3.63, 3.8) is 0 Å². The summed E-state index contributed by atoms with van der Waals surface area (Å²) >= 11 is 0. The summed E-state index contributed by atoms with van der Waals surface area (Å²) in [6, 6.07) is 64.6. The van der Waals surface area contributed by atoms with Gasteiger partial charge in [-0.25, -0.2) is 0 Å². The van der Waals surface area contributed by atoms with E-state index in [0.29, 0.717) is 0 Å². The van der Waals surface area contributed by atoms with Gasteiger partial charge in [-0.1, -0.05) is 167 Å². The topological polar surface area (TPSA) is 16.4 Å². The van der Waals surface area contributed by atoms with Gasteiger partial charge in [0.1, 0.15) is 11.2 Å². The highest BCUT2D eigenvalue weighted by atomic mass is 16.3. The van der Waals surface area contributed by atoms with Crippen molar-refractivity contribution in [1.82, 2.24) is 0 Å². The lowest BCUT2D eigenvalue weighted by Gasteiger charge is -2.31. The molecule has 1 heterocycles. The lowest BCUT2D eigenvalue weighted by Crippen LogP contribution is -2.18. The summed E-state index contributed by atoms with van der Waals surface area (Å²) in [5, 5.41) is 2.25. The summed E-state index contributed by atoms with van der Waals surface area (Å²) in [4.78, 5) is 2.50. The first-order valence-electron chi connectivity index (χ1n) is 19.7. The van der Waals surface area contributed by atoms with Crippen LogP contribution in [0.4, 0.5) is 17.1 Å². The molecule has 0 saturated carbocycles. The summed E-state index contributed by atoms with van der Waals surface area (Å²) in [7, 11) is 0. The molecule has 2 aliphatic rings. The van der Waals surface area contributed by atoms with Gasteiger partial charge >= 0.3 is 0 Å². The summed E-state index contributed by atoms with van der Waals surface area (Å²) in [6.45, 7) is 9.46. The Morgan fingerprint density at radius 1 is 0.375 bits per heavy atom. The van der Waals surface area contributed by atoms with Gasteiger partial charge in [0, 0.05) is 44.1 Å². The molecule has 0 N–H and O–H groups in total. The molecule has 2 nitrogen and oxygen atoms in total. The molecule has 0 bridgehead atoms. The SMILES string of the molecule is CC1(C)c2ccccc2-c2ccc(N(c3ccc4c(c3)C(C)(C)c3ccccc3-4)c3cc(-c4ccccc4)ccc3-c3cccc4c3oc3ccccc34)cc21. The molecule has 9 aromatic rings. The van der Waals surface area contributed by atoms with Gasteiger partial charge in [-0.3, -0.25) is 0 Å². The van der Waals surface area contributed by atoms with Gasteiger partial charge in [-0.2, -0.15) is 0 Å². The highest BCUT2D eigenvalue weighted by Crippen LogP contribution is 2.54. The van der Waals surface area contributed by atoms with E-state index in [9.17, 15) is 0 Å². The van der Waals surface area contributed by atoms with E-state index in [4.69, 9.17) is 4.42 Å². The Labute approximate surface area is 328 Å². The van der Waals surface area contributed by atoms with Crippen LogP contribution in [-0.2, 0) is 10.8 Å². The Balaban J connectivity index is 1.21. The normalized spacial score (nSPS) is 14.4. The molecule has 0 spiro atoms. The number of anilines is 3. The van der Waals surface area contributed by atoms with Crippen LogP contribution in [0.25, 0.3) is 66.4 Å². The van der Waals surface area contributed by atoms with E-state index in [1.54, 1.807) is 0 Å². The third-order valence-corrected chi connectivity index (χ3v) is 12.7. The largest absolute Gasteiger partial charge is 0.455 e. The number of furan rings is 1. The monoisotopic (exact) mass is 719 g/mol. The third kappa shape index (κ3) is 4.69. The zero-order valence-corrected chi connectivity index (χ0v) is 32.1. The zero-order valence-electron chi connectivity index (χ0n) is 32.1. The Hall–Kier alpha value is -6.64. The highest BCUT2D eigenvalue weighted by Gasteiger charge is 2.38. The standard InChI is InChI=1S/C54H41NO/c1-53(2)46-22-11-8-17-38(46)40-29-26-36(32-48(40)53)55(37-27-30-41-39-18-9-12-23-47(39)54(3,4)49(41)33-37)50-31-35(34-15-6-5-7-16-34)25-28-42(50)44-20-14-21-45-43-19-10-13-24-51(43)56-52(44)45/h5-33H,1-4H3. The third-order valence-electron chi connectivity index (χ3n) is 12.7. The van der Waals surface area contributed by atoms with Crippen molar-refractivity contribution in [2.24, 2.45) is 0 Å². The van der Waals surface area contributed by atoms with Crippen LogP contribution >= 0.6 is 0 Å². The van der Waals surface area contributed by atoms with Crippen LogP contribution in [0.15, 0.2) is 180 Å². The van der Waals surface area contributed by atoms with Crippen LogP contribution in [0.5, 0.6) is 0 Å². The minimum Gasteiger partial charge on any atom is -0.455 e. The van der Waals surface area contributed by atoms with Crippen molar-refractivity contribution in [2.75, 3.05) is 4.90 Å². The summed E-state index contributed by atoms with van der Waals surface area (Å²) in [5.74, 6) is 0. The minimum absolute atomic E-state index is 0.149. The average Bonchev–Trinajstić information content (AvgIpc) is 3.81. The first-order chi connectivity index (χ1) is 27.3. The smallest absolute Gasteiger partial charge is 0.143 e. The summed E-state index contributed by atoms with van der Waals surface area (Å²) < 4.78 is 6.73. The fourth-order valence-corrected chi connectivity index (χ4v) is 9.80. The van der Waals surface area contributed by atoms with Crippen LogP contribution in [0.3, 0.4) is 0 Å². The number of para-hydroxylation sites is 2. The quantitative estimate of drug-likeness (QED) is 0.176. The molecule has 0 fully saturated rings. The predicted octanol–water partition coefficient (Wildman–Crippen LogP) is 15.0. The molecule has 1 aromatic heterocycles. The van der Waals surface area contributed by atoms with Gasteiger partial charge in [-0.05, 0) is 92.0 Å². The van der Waals surface area contributed by atoms with Crippen LogP contribution < -0.4 is 4.90 Å². The highest BCUT2D eigenvalue weighted by molar-refractivity contribution is 6.11. The summed E-state index contributed by atoms with van der Waals surface area (Å²) in [6.07, 6.45) is 0. The molecule has 0 radical (unpaired) electrons. The molecule has 2 aliphatic carbocycles. The lowest BCUT2D eigenvalue weighted by molar-refractivity contribution is 0.660. The predicted molar refractivity (Wildman–Crippen MR) is 234 cm³/mol. The molecular weight excluding hydrogens is 679 g/mol. The second kappa shape index (κ2) is 11.9. The van der Waals surface area contributed by atoms with E-state index in [1.807, 2.05) is 6.07 Å². The Kier molecular flexibility index (Phi) is 6.98. The van der Waals surface area contributed by atoms with Gasteiger partial charge in [0.05, 0.1) is 5.69 Å². The van der Waals surface area contributed by atoms with Crippen molar-refractivity contribution < 1.29 is 4.42 Å². The number of fused-ring (bicyclic) bond motifs is 9. The molecule has 0 aliphatic heterocycles. The molecule has 56 heavy (non-hydrogen) atoms. The fraction of sp³-hybridized carbons (Fsp3) is 0.111. The van der Waals surface area contributed by atoms with Crippen LogP contribution in [0, 0.1) is 0 Å². The number of hydrogen-bond donors (Lipinski definition) is 0. The maximum absolute atomic E-state index is 6.73. The summed E-state index contributed by atoms with van der Waals surface area (Å²) in [5.41, 5.74) is 20.1. The Bertz CT molecular complexity index is 2930. The van der Waals surface area contributed by atoms with Crippen molar-refractivity contribution in [1.29, 1.82) is 0 Å². The van der Waals surface area contributed by atoms with Crippen molar-refractivity contribution in [2.45, 2.75) is 38.5 Å². The molecule has 0 unspecified atom stereocenters. The van der Waals surface area contributed by atoms with Crippen molar-refractivity contribution >= 4 is 39.0 Å². The molecule has 11 rings (SSSR count). The molecule has 0 atom stereocenters. The van der Waals surface area contributed by atoms with Crippen LogP contribution in [-0.4, -0.2) is 0 Å². The molecule has 0 amide bonds. The maximum Gasteiger partial charge on any atom is 0.143 e. The molecule has 268 valence electrons. The molecule has 0 saturated heterocycles. The van der Waals surface area contributed by atoms with Gasteiger partial charge in [0.15, 0.2) is 0 Å². The number of benzene rings is 8. The molecule has 2 heteroatoms. The van der Waals surface area contributed by atoms with Gasteiger partial charge < -0.3 is 9.32 Å². The average molecular weight is 720 g/mol. The minimum atomic E-state index is -0.149. The van der Waals surface area contributed by atoms with Crippen molar-refractivity contribution in [3.05, 3.63) is 198 Å². The first kappa shape index (κ1) is 32.8. The lowest BCUT2D eigenvalue weighted by atomic mass is 9.82. The van der Waals surface area contributed by atoms with E-state index >= 15 is 0 Å². The van der Waals surface area contributed by atoms with Gasteiger partial charge in [0.2, 0.25) is 0 Å². The first-order valence-corrected chi connectivity index (χ1v) is 19.7. The van der Waals surface area contributed by atoms with Crippen LogP contribution in [0.1, 0.15) is 49.9 Å². The Morgan fingerprint density at radius 2 is 0.893 bits per heavy atom. The van der Waals surface area contributed by atoms with E-state index in [1.165, 1.54) is 50.1 Å². The number of nitrogens with zero attached hydrogens (tertiary/aromatic N) is 1. The second-order valence-electron chi connectivity index (χ2n) is 16.5. The van der Waals surface area contributed by atoms with Crippen LogP contribution in [0.2, 0.25) is 0 Å². The van der Waals surface area contributed by atoms with Crippen molar-refractivity contribution in [3.8, 4) is 44.5 Å². The molecular formula is C54H41NO.